The van der Waals surface area contributed by atoms with Crippen LogP contribution in [-0.2, 0) is 4.74 Å². The van der Waals surface area contributed by atoms with Crippen LogP contribution in [0.1, 0.15) is 24.2 Å². The smallest absolute Gasteiger partial charge is 0.336 e. The highest BCUT2D eigenvalue weighted by Crippen LogP contribution is 2.25. The van der Waals surface area contributed by atoms with E-state index in [1.165, 1.54) is 11.8 Å². The highest BCUT2D eigenvalue weighted by atomic mass is 79.9. The van der Waals surface area contributed by atoms with Crippen LogP contribution in [0.25, 0.3) is 0 Å². The van der Waals surface area contributed by atoms with Gasteiger partial charge in [-0.25, -0.2) is 4.79 Å². The van der Waals surface area contributed by atoms with E-state index in [2.05, 4.69) is 15.9 Å². The summed E-state index contributed by atoms with van der Waals surface area (Å²) in [7, 11) is 0. The molecule has 0 bridgehead atoms. The van der Waals surface area contributed by atoms with Crippen LogP contribution in [-0.4, -0.2) is 40.8 Å². The van der Waals surface area contributed by atoms with E-state index in [4.69, 9.17) is 9.84 Å². The van der Waals surface area contributed by atoms with Crippen LogP contribution in [0.15, 0.2) is 27.6 Å². The third-order valence-electron chi connectivity index (χ3n) is 2.23. The molecule has 6 heteroatoms. The van der Waals surface area contributed by atoms with Crippen molar-refractivity contribution < 1.29 is 19.7 Å². The molecule has 0 saturated heterocycles. The molecule has 0 amide bonds. The lowest BCUT2D eigenvalue weighted by Crippen LogP contribution is -2.20. The van der Waals surface area contributed by atoms with Crippen molar-refractivity contribution in [3.8, 4) is 0 Å². The molecule has 0 heterocycles. The van der Waals surface area contributed by atoms with E-state index in [0.29, 0.717) is 10.2 Å². The number of hydrogen-bond donors (Lipinski definition) is 2. The summed E-state index contributed by atoms with van der Waals surface area (Å²) in [5, 5.41) is 18.7. The van der Waals surface area contributed by atoms with Crippen molar-refractivity contribution in [3.05, 3.63) is 28.2 Å². The number of rotatable bonds is 7. The maximum Gasteiger partial charge on any atom is 0.336 e. The molecule has 1 aromatic rings. The number of carboxylic acids is 1. The van der Waals surface area contributed by atoms with Crippen LogP contribution in [0.3, 0.4) is 0 Å². The molecule has 1 rings (SSSR count). The minimum absolute atomic E-state index is 0.0888. The molecule has 1 atom stereocenters. The summed E-state index contributed by atoms with van der Waals surface area (Å²) in [6, 6.07) is 5.10. The number of benzene rings is 1. The standard InChI is InChI=1S/C13H17BrO4S/c1-8(2)18-6-9(15)7-19-10-3-4-12(14)11(5-10)13(16)17/h3-5,8-9,15H,6-7H2,1-2H3,(H,16,17). The molecule has 0 aliphatic carbocycles. The van der Waals surface area contributed by atoms with Crippen LogP contribution < -0.4 is 0 Å². The summed E-state index contributed by atoms with van der Waals surface area (Å²) in [5.41, 5.74) is 0.220. The highest BCUT2D eigenvalue weighted by molar-refractivity contribution is 9.10. The monoisotopic (exact) mass is 348 g/mol. The summed E-state index contributed by atoms with van der Waals surface area (Å²) in [6.07, 6.45) is -0.477. The fourth-order valence-corrected chi connectivity index (χ4v) is 2.56. The highest BCUT2D eigenvalue weighted by Gasteiger charge is 2.11. The van der Waals surface area contributed by atoms with Crippen LogP contribution in [0, 0.1) is 0 Å². The van der Waals surface area contributed by atoms with Crippen molar-refractivity contribution in [2.45, 2.75) is 31.0 Å². The zero-order valence-corrected chi connectivity index (χ0v) is 13.2. The average molecular weight is 349 g/mol. The fourth-order valence-electron chi connectivity index (χ4n) is 1.30. The number of aliphatic hydroxyl groups is 1. The Kier molecular flexibility index (Phi) is 6.85. The molecule has 0 radical (unpaired) electrons. The van der Waals surface area contributed by atoms with Crippen molar-refractivity contribution in [2.24, 2.45) is 0 Å². The number of thioether (sulfide) groups is 1. The van der Waals surface area contributed by atoms with Gasteiger partial charge < -0.3 is 14.9 Å². The SMILES string of the molecule is CC(C)OCC(O)CSc1ccc(Br)c(C(=O)O)c1. The second kappa shape index (κ2) is 7.89. The van der Waals surface area contributed by atoms with Crippen molar-refractivity contribution in [3.63, 3.8) is 0 Å². The largest absolute Gasteiger partial charge is 0.478 e. The molecule has 0 aliphatic rings. The molecule has 2 N–H and O–H groups in total. The predicted molar refractivity (Wildman–Crippen MR) is 78.9 cm³/mol. The number of carbonyl (C=O) groups is 1. The van der Waals surface area contributed by atoms with Gasteiger partial charge in [-0.15, -0.1) is 11.8 Å². The number of aliphatic hydroxyl groups excluding tert-OH is 1. The van der Waals surface area contributed by atoms with Gasteiger partial charge in [0.15, 0.2) is 0 Å². The third kappa shape index (κ3) is 5.95. The van der Waals surface area contributed by atoms with Crippen molar-refractivity contribution >= 4 is 33.7 Å². The Morgan fingerprint density at radius 1 is 1.47 bits per heavy atom. The predicted octanol–water partition coefficient (Wildman–Crippen LogP) is 3.03. The topological polar surface area (TPSA) is 66.8 Å². The van der Waals surface area contributed by atoms with E-state index in [9.17, 15) is 9.90 Å². The Morgan fingerprint density at radius 2 is 2.16 bits per heavy atom. The van der Waals surface area contributed by atoms with Gasteiger partial charge in [-0.1, -0.05) is 0 Å². The van der Waals surface area contributed by atoms with Gasteiger partial charge in [0.2, 0.25) is 0 Å². The van der Waals surface area contributed by atoms with Crippen molar-refractivity contribution in [2.75, 3.05) is 12.4 Å². The summed E-state index contributed by atoms with van der Waals surface area (Å²) < 4.78 is 5.86. The number of carboxylic acid groups (broad SMARTS) is 1. The zero-order chi connectivity index (χ0) is 14.4. The second-order valence-corrected chi connectivity index (χ2v) is 6.24. The van der Waals surface area contributed by atoms with Crippen LogP contribution in [0.4, 0.5) is 0 Å². The first-order valence-electron chi connectivity index (χ1n) is 5.85. The average Bonchev–Trinajstić information content (AvgIpc) is 2.35. The Balaban J connectivity index is 2.54. The lowest BCUT2D eigenvalue weighted by atomic mass is 10.2. The molecule has 1 unspecified atom stereocenters. The molecule has 0 aliphatic heterocycles. The summed E-state index contributed by atoms with van der Waals surface area (Å²) in [5.74, 6) is -0.508. The van der Waals surface area contributed by atoms with Crippen molar-refractivity contribution in [1.29, 1.82) is 0 Å². The van der Waals surface area contributed by atoms with Gasteiger partial charge in [-0.3, -0.25) is 0 Å². The summed E-state index contributed by atoms with van der Waals surface area (Å²) in [4.78, 5) is 11.8. The number of halogens is 1. The van der Waals surface area contributed by atoms with E-state index in [0.717, 1.165) is 4.90 Å². The molecule has 0 aromatic heterocycles. The number of ether oxygens (including phenoxy) is 1. The molecular formula is C13H17BrO4S. The third-order valence-corrected chi connectivity index (χ3v) is 4.06. The van der Waals surface area contributed by atoms with Gasteiger partial charge in [0.05, 0.1) is 24.4 Å². The van der Waals surface area contributed by atoms with Crippen LogP contribution in [0.5, 0.6) is 0 Å². The molecule has 1 aromatic carbocycles. The first-order valence-corrected chi connectivity index (χ1v) is 7.63. The van der Waals surface area contributed by atoms with E-state index in [1.54, 1.807) is 12.1 Å². The molecule has 19 heavy (non-hydrogen) atoms. The number of hydrogen-bond acceptors (Lipinski definition) is 4. The van der Waals surface area contributed by atoms with Crippen molar-refractivity contribution in [1.82, 2.24) is 0 Å². The quantitative estimate of drug-likeness (QED) is 0.741. The van der Waals surface area contributed by atoms with Gasteiger partial charge in [-0.05, 0) is 48.0 Å². The van der Waals surface area contributed by atoms with Gasteiger partial charge in [0.25, 0.3) is 0 Å². The van der Waals surface area contributed by atoms with Gasteiger partial charge in [0.1, 0.15) is 0 Å². The second-order valence-electron chi connectivity index (χ2n) is 4.29. The van der Waals surface area contributed by atoms with E-state index >= 15 is 0 Å². The summed E-state index contributed by atoms with van der Waals surface area (Å²) >= 11 is 4.60. The number of aromatic carboxylic acids is 1. The van der Waals surface area contributed by atoms with E-state index < -0.39 is 12.1 Å². The Hall–Kier alpha value is -0.560. The Bertz CT molecular complexity index is 437. The van der Waals surface area contributed by atoms with Crippen LogP contribution in [0.2, 0.25) is 0 Å². The van der Waals surface area contributed by atoms with E-state index in [-0.39, 0.29) is 18.3 Å². The molecule has 0 fully saturated rings. The maximum absolute atomic E-state index is 11.0. The fraction of sp³-hybridized carbons (Fsp3) is 0.462. The summed E-state index contributed by atoms with van der Waals surface area (Å²) in [6.45, 7) is 4.11. The first-order chi connectivity index (χ1) is 8.90. The lowest BCUT2D eigenvalue weighted by Gasteiger charge is -2.13. The molecule has 0 spiro atoms. The van der Waals surface area contributed by atoms with Gasteiger partial charge in [0, 0.05) is 15.1 Å². The van der Waals surface area contributed by atoms with E-state index in [1.807, 2.05) is 19.9 Å². The lowest BCUT2D eigenvalue weighted by molar-refractivity contribution is 0.0152. The Morgan fingerprint density at radius 3 is 2.74 bits per heavy atom. The molecule has 4 nitrogen and oxygen atoms in total. The minimum atomic E-state index is -0.974. The maximum atomic E-state index is 11.0. The Labute approximate surface area is 125 Å². The molecule has 0 saturated carbocycles. The van der Waals surface area contributed by atoms with Gasteiger partial charge in [-0.2, -0.15) is 0 Å². The van der Waals surface area contributed by atoms with Crippen LogP contribution >= 0.6 is 27.7 Å². The molecule has 106 valence electrons. The molecular weight excluding hydrogens is 332 g/mol. The normalized spacial score (nSPS) is 12.7. The minimum Gasteiger partial charge on any atom is -0.478 e. The van der Waals surface area contributed by atoms with Gasteiger partial charge >= 0.3 is 5.97 Å². The first kappa shape index (κ1) is 16.5. The zero-order valence-electron chi connectivity index (χ0n) is 10.8.